The maximum atomic E-state index is 13.1. The number of methoxy groups -OCH3 is 1. The van der Waals surface area contributed by atoms with Crippen LogP contribution in [0.2, 0.25) is 5.15 Å². The third-order valence-corrected chi connectivity index (χ3v) is 5.34. The second kappa shape index (κ2) is 9.25. The Labute approximate surface area is 177 Å². The lowest BCUT2D eigenvalue weighted by Crippen LogP contribution is -2.42. The van der Waals surface area contributed by atoms with Gasteiger partial charge in [0.2, 0.25) is 0 Å². The average molecular weight is 438 g/mol. The lowest BCUT2D eigenvalue weighted by Gasteiger charge is -2.30. The predicted octanol–water partition coefficient (Wildman–Crippen LogP) is 2.54. The first-order chi connectivity index (χ1) is 14.3. The lowest BCUT2D eigenvalue weighted by molar-refractivity contribution is -0.149. The molecule has 10 heteroatoms. The summed E-state index contributed by atoms with van der Waals surface area (Å²) in [6, 6.07) is 5.46. The van der Waals surface area contributed by atoms with Gasteiger partial charge < -0.3 is 14.4 Å². The minimum atomic E-state index is -0.774. The van der Waals surface area contributed by atoms with Crippen LogP contribution in [0.15, 0.2) is 24.3 Å². The second-order valence-corrected chi connectivity index (χ2v) is 7.25. The molecule has 0 spiro atoms. The Morgan fingerprint density at radius 2 is 1.83 bits per heavy atom. The van der Waals surface area contributed by atoms with E-state index in [4.69, 9.17) is 21.1 Å². The van der Waals surface area contributed by atoms with Gasteiger partial charge in [-0.2, -0.15) is 5.10 Å². The fourth-order valence-electron chi connectivity index (χ4n) is 3.31. The van der Waals surface area contributed by atoms with Crippen molar-refractivity contribution in [3.8, 4) is 5.69 Å². The lowest BCUT2D eigenvalue weighted by atomic mass is 9.97. The summed E-state index contributed by atoms with van der Waals surface area (Å²) in [7, 11) is 1.34. The largest absolute Gasteiger partial charge is 0.469 e. The van der Waals surface area contributed by atoms with Crippen LogP contribution in [0.1, 0.15) is 28.9 Å². The number of halogens is 2. The first-order valence-corrected chi connectivity index (χ1v) is 9.73. The molecule has 1 saturated heterocycles. The number of carbonyl (C=O) groups excluding carboxylic acids is 3. The van der Waals surface area contributed by atoms with E-state index in [1.54, 1.807) is 11.8 Å². The van der Waals surface area contributed by atoms with Crippen LogP contribution in [-0.4, -0.2) is 59.3 Å². The maximum absolute atomic E-state index is 13.1. The highest BCUT2D eigenvalue weighted by molar-refractivity contribution is 6.33. The molecule has 0 aliphatic carbocycles. The number of nitrogens with zero attached hydrogens (tertiary/aromatic N) is 3. The van der Waals surface area contributed by atoms with E-state index in [0.717, 1.165) is 0 Å². The Balaban J connectivity index is 1.61. The van der Waals surface area contributed by atoms with Gasteiger partial charge in [0.05, 0.1) is 24.4 Å². The summed E-state index contributed by atoms with van der Waals surface area (Å²) in [5, 5.41) is 4.21. The van der Waals surface area contributed by atoms with Crippen molar-refractivity contribution >= 4 is 29.4 Å². The second-order valence-electron chi connectivity index (χ2n) is 6.89. The summed E-state index contributed by atoms with van der Waals surface area (Å²) >= 11 is 6.29. The molecule has 1 aliphatic heterocycles. The van der Waals surface area contributed by atoms with Gasteiger partial charge in [0, 0.05) is 13.1 Å². The average Bonchev–Trinajstić information content (AvgIpc) is 3.05. The Morgan fingerprint density at radius 3 is 2.43 bits per heavy atom. The van der Waals surface area contributed by atoms with Gasteiger partial charge in [0.1, 0.15) is 16.5 Å². The Kier molecular flexibility index (Phi) is 6.71. The Morgan fingerprint density at radius 1 is 1.20 bits per heavy atom. The summed E-state index contributed by atoms with van der Waals surface area (Å²) in [5.41, 5.74) is 0.840. The molecule has 3 rings (SSSR count). The number of hydrogen-bond acceptors (Lipinski definition) is 6. The Bertz CT molecular complexity index is 952. The molecule has 0 bridgehead atoms. The van der Waals surface area contributed by atoms with Crippen molar-refractivity contribution < 1.29 is 28.2 Å². The highest BCUT2D eigenvalue weighted by Crippen LogP contribution is 2.25. The number of hydrogen-bond donors (Lipinski definition) is 0. The van der Waals surface area contributed by atoms with Gasteiger partial charge in [0.15, 0.2) is 6.61 Å². The van der Waals surface area contributed by atoms with Crippen LogP contribution in [-0.2, 0) is 19.1 Å². The van der Waals surface area contributed by atoms with E-state index in [1.165, 1.54) is 36.1 Å². The van der Waals surface area contributed by atoms with Crippen molar-refractivity contribution in [2.75, 3.05) is 26.8 Å². The summed E-state index contributed by atoms with van der Waals surface area (Å²) in [5.74, 6) is -2.04. The minimum Gasteiger partial charge on any atom is -0.469 e. The zero-order valence-electron chi connectivity index (χ0n) is 16.6. The zero-order chi connectivity index (χ0) is 21.8. The van der Waals surface area contributed by atoms with Crippen LogP contribution in [0, 0.1) is 18.7 Å². The standard InChI is InChI=1S/C20H21ClFN3O5/c1-12-17(18(21)25(23-12)15-5-3-14(22)4-6-15)20(28)30-11-16(26)24-9-7-13(8-10-24)19(27)29-2/h3-6,13H,7-11H2,1-2H3. The summed E-state index contributed by atoms with van der Waals surface area (Å²) in [6.07, 6.45) is 1.00. The van der Waals surface area contributed by atoms with Gasteiger partial charge in [-0.1, -0.05) is 11.6 Å². The molecule has 2 heterocycles. The third kappa shape index (κ3) is 4.62. The van der Waals surface area contributed by atoms with Crippen LogP contribution >= 0.6 is 11.6 Å². The number of aromatic nitrogens is 2. The molecule has 1 fully saturated rings. The smallest absolute Gasteiger partial charge is 0.343 e. The highest BCUT2D eigenvalue weighted by Gasteiger charge is 2.29. The topological polar surface area (TPSA) is 90.7 Å². The molecule has 0 saturated carbocycles. The molecule has 160 valence electrons. The van der Waals surface area contributed by atoms with E-state index in [1.807, 2.05) is 0 Å². The van der Waals surface area contributed by atoms with E-state index < -0.39 is 18.4 Å². The number of ether oxygens (including phenoxy) is 2. The van der Waals surface area contributed by atoms with Crippen molar-refractivity contribution in [3.63, 3.8) is 0 Å². The normalized spacial score (nSPS) is 14.5. The number of likely N-dealkylation sites (tertiary alicyclic amines) is 1. The van der Waals surface area contributed by atoms with Crippen LogP contribution in [0.25, 0.3) is 5.69 Å². The molecule has 1 amide bonds. The van der Waals surface area contributed by atoms with Gasteiger partial charge in [-0.05, 0) is 44.0 Å². The predicted molar refractivity (Wildman–Crippen MR) is 105 cm³/mol. The number of amides is 1. The zero-order valence-corrected chi connectivity index (χ0v) is 17.3. The number of aryl methyl sites for hydroxylation is 1. The van der Waals surface area contributed by atoms with Crippen molar-refractivity contribution in [2.24, 2.45) is 5.92 Å². The fraction of sp³-hybridized carbons (Fsp3) is 0.400. The van der Waals surface area contributed by atoms with Gasteiger partial charge >= 0.3 is 11.9 Å². The van der Waals surface area contributed by atoms with Crippen LogP contribution in [0.3, 0.4) is 0 Å². The number of rotatable bonds is 5. The first kappa shape index (κ1) is 21.8. The molecular formula is C20H21ClFN3O5. The molecule has 1 aromatic carbocycles. The van der Waals surface area contributed by atoms with Crippen LogP contribution in [0.5, 0.6) is 0 Å². The molecule has 0 atom stereocenters. The molecule has 0 N–H and O–H groups in total. The minimum absolute atomic E-state index is 0.00968. The van der Waals surface area contributed by atoms with Gasteiger partial charge in [-0.3, -0.25) is 9.59 Å². The molecule has 30 heavy (non-hydrogen) atoms. The number of carbonyl (C=O) groups is 3. The molecule has 8 nitrogen and oxygen atoms in total. The van der Waals surface area contributed by atoms with Gasteiger partial charge in [-0.25, -0.2) is 13.9 Å². The maximum Gasteiger partial charge on any atom is 0.343 e. The van der Waals surface area contributed by atoms with E-state index >= 15 is 0 Å². The number of benzene rings is 1. The first-order valence-electron chi connectivity index (χ1n) is 9.35. The van der Waals surface area contributed by atoms with E-state index in [-0.39, 0.29) is 28.5 Å². The fourth-order valence-corrected chi connectivity index (χ4v) is 3.66. The third-order valence-electron chi connectivity index (χ3n) is 4.99. The van der Waals surface area contributed by atoms with E-state index in [2.05, 4.69) is 5.10 Å². The van der Waals surface area contributed by atoms with Crippen molar-refractivity contribution in [1.29, 1.82) is 0 Å². The summed E-state index contributed by atoms with van der Waals surface area (Å²) < 4.78 is 24.3. The Hall–Kier alpha value is -2.94. The molecule has 1 aromatic heterocycles. The van der Waals surface area contributed by atoms with E-state index in [9.17, 15) is 18.8 Å². The summed E-state index contributed by atoms with van der Waals surface area (Å²) in [6.45, 7) is 1.91. The van der Waals surface area contributed by atoms with Crippen LogP contribution in [0.4, 0.5) is 4.39 Å². The number of esters is 2. The summed E-state index contributed by atoms with van der Waals surface area (Å²) in [4.78, 5) is 38.0. The molecule has 0 radical (unpaired) electrons. The highest BCUT2D eigenvalue weighted by atomic mass is 35.5. The quantitative estimate of drug-likeness (QED) is 0.668. The van der Waals surface area contributed by atoms with E-state index in [0.29, 0.717) is 37.3 Å². The van der Waals surface area contributed by atoms with Crippen LogP contribution < -0.4 is 0 Å². The number of piperidine rings is 1. The molecule has 1 aliphatic rings. The molecular weight excluding hydrogens is 417 g/mol. The van der Waals surface area contributed by atoms with Gasteiger partial charge in [-0.15, -0.1) is 0 Å². The monoisotopic (exact) mass is 437 g/mol. The molecule has 2 aromatic rings. The van der Waals surface area contributed by atoms with Crippen molar-refractivity contribution in [2.45, 2.75) is 19.8 Å². The van der Waals surface area contributed by atoms with Crippen molar-refractivity contribution in [1.82, 2.24) is 14.7 Å². The van der Waals surface area contributed by atoms with Crippen molar-refractivity contribution in [3.05, 3.63) is 46.5 Å². The van der Waals surface area contributed by atoms with Gasteiger partial charge in [0.25, 0.3) is 5.91 Å². The SMILES string of the molecule is COC(=O)C1CCN(C(=O)COC(=O)c2c(C)nn(-c3ccc(F)cc3)c2Cl)CC1. The molecule has 0 unspecified atom stereocenters.